The number of hydrogen-bond donors (Lipinski definition) is 0. The van der Waals surface area contributed by atoms with Gasteiger partial charge in [-0.15, -0.1) is 0 Å². The van der Waals surface area contributed by atoms with Crippen molar-refractivity contribution in [3.8, 4) is 5.75 Å². The Morgan fingerprint density at radius 3 is 1.95 bits per heavy atom. The zero-order valence-corrected chi connectivity index (χ0v) is 20.4. The van der Waals surface area contributed by atoms with Crippen LogP contribution in [-0.2, 0) is 31.9 Å². The summed E-state index contributed by atoms with van der Waals surface area (Å²) in [5, 5.41) is 0.802. The number of halogens is 8. The molecule has 1 nitrogen and oxygen atoms in total. The van der Waals surface area contributed by atoms with Gasteiger partial charge in [-0.2, -0.15) is 13.2 Å². The van der Waals surface area contributed by atoms with Crippen LogP contribution < -0.4 is 4.74 Å². The molecule has 39 heavy (non-hydrogen) atoms. The van der Waals surface area contributed by atoms with E-state index in [1.807, 2.05) is 0 Å². The van der Waals surface area contributed by atoms with E-state index < -0.39 is 40.8 Å². The molecule has 4 rings (SSSR count). The lowest BCUT2D eigenvalue weighted by atomic mass is 9.96. The van der Waals surface area contributed by atoms with Crippen LogP contribution in [0.15, 0.2) is 67.3 Å². The quantitative estimate of drug-likeness (QED) is 0.150. The standard InChI is InChI=1S/C30H22F8O/c1-2-11-39-21-15-24(31)23(25(32)16-21)10-5-17-4-9-22-20(12-17)8-7-19(29(22)35)6-3-18-13-26(33)28(27(34)14-18)30(36,37)38/h2,4,7-9,12-16H,1,3,5-6,10-11H2. The highest BCUT2D eigenvalue weighted by Gasteiger charge is 2.37. The molecule has 0 spiro atoms. The van der Waals surface area contributed by atoms with Crippen molar-refractivity contribution in [3.63, 3.8) is 0 Å². The lowest BCUT2D eigenvalue weighted by molar-refractivity contribution is -0.142. The Labute approximate surface area is 219 Å². The van der Waals surface area contributed by atoms with Crippen LogP contribution in [0.25, 0.3) is 10.8 Å². The van der Waals surface area contributed by atoms with Crippen LogP contribution in [0.4, 0.5) is 35.1 Å². The molecule has 0 N–H and O–H groups in total. The van der Waals surface area contributed by atoms with Crippen LogP contribution in [0.3, 0.4) is 0 Å². The molecule has 0 aliphatic heterocycles. The molecule has 4 aromatic rings. The summed E-state index contributed by atoms with van der Waals surface area (Å²) in [5.74, 6) is -5.43. The molecule has 0 atom stereocenters. The lowest BCUT2D eigenvalue weighted by Gasteiger charge is -2.12. The van der Waals surface area contributed by atoms with Crippen molar-refractivity contribution in [2.24, 2.45) is 0 Å². The fourth-order valence-electron chi connectivity index (χ4n) is 4.38. The third kappa shape index (κ3) is 6.41. The average molecular weight is 550 g/mol. The maximum Gasteiger partial charge on any atom is 0.422 e. The predicted molar refractivity (Wildman–Crippen MR) is 132 cm³/mol. The molecule has 204 valence electrons. The Hall–Kier alpha value is -3.88. The summed E-state index contributed by atoms with van der Waals surface area (Å²) in [6.07, 6.45) is -3.45. The zero-order valence-electron chi connectivity index (χ0n) is 20.4. The molecule has 0 saturated heterocycles. The number of aryl methyl sites for hydroxylation is 3. The minimum Gasteiger partial charge on any atom is -0.489 e. The Morgan fingerprint density at radius 1 is 0.692 bits per heavy atom. The Kier molecular flexibility index (Phi) is 8.28. The van der Waals surface area contributed by atoms with Crippen molar-refractivity contribution in [1.82, 2.24) is 0 Å². The first-order valence-corrected chi connectivity index (χ1v) is 11.9. The zero-order chi connectivity index (χ0) is 28.3. The highest BCUT2D eigenvalue weighted by molar-refractivity contribution is 5.84. The number of rotatable bonds is 9. The topological polar surface area (TPSA) is 9.23 Å². The van der Waals surface area contributed by atoms with Crippen LogP contribution in [0.5, 0.6) is 5.75 Å². The minimum absolute atomic E-state index is 0.00116. The van der Waals surface area contributed by atoms with Gasteiger partial charge >= 0.3 is 6.18 Å². The first kappa shape index (κ1) is 28.1. The second-order valence-corrected chi connectivity index (χ2v) is 8.99. The van der Waals surface area contributed by atoms with Crippen molar-refractivity contribution in [1.29, 1.82) is 0 Å². The molecule has 4 aromatic carbocycles. The van der Waals surface area contributed by atoms with Crippen molar-refractivity contribution >= 4 is 10.8 Å². The van der Waals surface area contributed by atoms with Gasteiger partial charge in [0.05, 0.1) is 0 Å². The monoisotopic (exact) mass is 550 g/mol. The third-order valence-electron chi connectivity index (χ3n) is 6.31. The van der Waals surface area contributed by atoms with Crippen LogP contribution in [-0.4, -0.2) is 6.61 Å². The molecule has 0 aliphatic rings. The highest BCUT2D eigenvalue weighted by Crippen LogP contribution is 2.34. The number of alkyl halides is 3. The van der Waals surface area contributed by atoms with Crippen LogP contribution >= 0.6 is 0 Å². The van der Waals surface area contributed by atoms with Crippen molar-refractivity contribution in [3.05, 3.63) is 124 Å². The molecule has 9 heteroatoms. The smallest absolute Gasteiger partial charge is 0.422 e. The van der Waals surface area contributed by atoms with Crippen molar-refractivity contribution in [2.45, 2.75) is 31.9 Å². The molecule has 0 unspecified atom stereocenters. The molecule has 0 heterocycles. The summed E-state index contributed by atoms with van der Waals surface area (Å²) >= 11 is 0. The van der Waals surface area contributed by atoms with Gasteiger partial charge in [-0.05, 0) is 59.9 Å². The summed E-state index contributed by atoms with van der Waals surface area (Å²) in [5.41, 5.74) is -1.15. The fourth-order valence-corrected chi connectivity index (χ4v) is 4.38. The Morgan fingerprint density at radius 2 is 1.33 bits per heavy atom. The van der Waals surface area contributed by atoms with E-state index in [1.165, 1.54) is 18.2 Å². The molecule has 0 amide bonds. The minimum atomic E-state index is -5.16. The van der Waals surface area contributed by atoms with E-state index in [0.717, 1.165) is 17.7 Å². The fraction of sp³-hybridized carbons (Fsp3) is 0.200. The molecule has 0 aromatic heterocycles. The van der Waals surface area contributed by atoms with E-state index in [9.17, 15) is 30.7 Å². The van der Waals surface area contributed by atoms with Gasteiger partial charge in [0.1, 0.15) is 47.0 Å². The number of hydrogen-bond acceptors (Lipinski definition) is 1. The molecule has 0 saturated carbocycles. The molecular weight excluding hydrogens is 528 g/mol. The van der Waals surface area contributed by atoms with E-state index in [-0.39, 0.29) is 60.1 Å². The number of fused-ring (bicyclic) bond motifs is 1. The lowest BCUT2D eigenvalue weighted by Crippen LogP contribution is -2.12. The van der Waals surface area contributed by atoms with Gasteiger partial charge in [0, 0.05) is 23.1 Å². The summed E-state index contributed by atoms with van der Waals surface area (Å²) < 4.78 is 115. The number of benzene rings is 4. The third-order valence-corrected chi connectivity index (χ3v) is 6.31. The van der Waals surface area contributed by atoms with Gasteiger partial charge in [-0.25, -0.2) is 22.0 Å². The van der Waals surface area contributed by atoms with Crippen LogP contribution in [0.1, 0.15) is 27.8 Å². The van der Waals surface area contributed by atoms with E-state index in [4.69, 9.17) is 4.74 Å². The van der Waals surface area contributed by atoms with Gasteiger partial charge in [0.2, 0.25) is 0 Å². The van der Waals surface area contributed by atoms with E-state index in [0.29, 0.717) is 17.5 Å². The van der Waals surface area contributed by atoms with Crippen LogP contribution in [0, 0.1) is 29.1 Å². The molecule has 0 aliphatic carbocycles. The van der Waals surface area contributed by atoms with Gasteiger partial charge in [0.15, 0.2) is 0 Å². The second-order valence-electron chi connectivity index (χ2n) is 8.99. The summed E-state index contributed by atoms with van der Waals surface area (Å²) in [7, 11) is 0. The summed E-state index contributed by atoms with van der Waals surface area (Å²) in [6.45, 7) is 3.59. The molecule has 0 radical (unpaired) electrons. The summed E-state index contributed by atoms with van der Waals surface area (Å²) in [6, 6.07) is 11.4. The second kappa shape index (κ2) is 11.5. The first-order valence-electron chi connectivity index (χ1n) is 11.9. The predicted octanol–water partition coefficient (Wildman–Crippen LogP) is 8.69. The van der Waals surface area contributed by atoms with Gasteiger partial charge in [0.25, 0.3) is 0 Å². The Balaban J connectivity index is 1.47. The number of ether oxygens (including phenoxy) is 1. The van der Waals surface area contributed by atoms with Gasteiger partial charge in [-0.3, -0.25) is 0 Å². The maximum atomic E-state index is 15.2. The molecule has 0 fully saturated rings. The maximum absolute atomic E-state index is 15.2. The van der Waals surface area contributed by atoms with Crippen molar-refractivity contribution in [2.75, 3.05) is 6.61 Å². The van der Waals surface area contributed by atoms with Crippen molar-refractivity contribution < 1.29 is 39.9 Å². The first-order chi connectivity index (χ1) is 18.5. The van der Waals surface area contributed by atoms with E-state index >= 15 is 4.39 Å². The normalized spacial score (nSPS) is 11.7. The van der Waals surface area contributed by atoms with Gasteiger partial charge < -0.3 is 4.74 Å². The SMILES string of the molecule is C=CCOc1cc(F)c(CCc2ccc3c(F)c(CCc4cc(F)c(C(F)(F)F)c(F)c4)ccc3c2)c(F)c1. The molecular formula is C30H22F8O. The Bertz CT molecular complexity index is 1480. The van der Waals surface area contributed by atoms with E-state index in [2.05, 4.69) is 6.58 Å². The van der Waals surface area contributed by atoms with Crippen LogP contribution in [0.2, 0.25) is 0 Å². The largest absolute Gasteiger partial charge is 0.489 e. The average Bonchev–Trinajstić information content (AvgIpc) is 2.85. The summed E-state index contributed by atoms with van der Waals surface area (Å²) in [4.78, 5) is 0. The van der Waals surface area contributed by atoms with Gasteiger partial charge in [-0.1, -0.05) is 43.0 Å². The molecule has 0 bridgehead atoms. The van der Waals surface area contributed by atoms with E-state index in [1.54, 1.807) is 18.2 Å². The highest BCUT2D eigenvalue weighted by atomic mass is 19.4.